The molecule has 7 heteroatoms. The Morgan fingerprint density at radius 3 is 2.11 bits per heavy atom. The molecule has 0 spiro atoms. The second-order valence-corrected chi connectivity index (χ2v) is 11.0. The lowest BCUT2D eigenvalue weighted by Gasteiger charge is -2.37. The number of aryl methyl sites for hydroxylation is 1. The minimum Gasteiger partial charge on any atom is -0.362 e. The summed E-state index contributed by atoms with van der Waals surface area (Å²) in [7, 11) is 4.13. The van der Waals surface area contributed by atoms with Crippen LogP contribution >= 0.6 is 0 Å². The van der Waals surface area contributed by atoms with Gasteiger partial charge in [-0.25, -0.2) is 9.78 Å². The number of carbonyl (C=O) groups excluding carboxylic acids is 1. The first-order valence-corrected chi connectivity index (χ1v) is 14.0. The summed E-state index contributed by atoms with van der Waals surface area (Å²) in [5, 5.41) is 3.64. The monoisotopic (exact) mass is 512 g/mol. The highest BCUT2D eigenvalue weighted by Crippen LogP contribution is 2.34. The van der Waals surface area contributed by atoms with Crippen LogP contribution in [-0.4, -0.2) is 47.6 Å². The summed E-state index contributed by atoms with van der Waals surface area (Å²) in [6, 6.07) is 20.2. The maximum Gasteiger partial charge on any atom is 0.315 e. The van der Waals surface area contributed by atoms with Crippen LogP contribution < -0.4 is 16.0 Å². The molecule has 3 N–H and O–H groups in total. The Labute approximate surface area is 226 Å². The van der Waals surface area contributed by atoms with Gasteiger partial charge in [-0.15, -0.1) is 0 Å². The Balaban J connectivity index is 1.26. The zero-order chi connectivity index (χ0) is 26.5. The van der Waals surface area contributed by atoms with Crippen LogP contribution in [0, 0.1) is 5.92 Å². The van der Waals surface area contributed by atoms with Crippen LogP contribution in [-0.2, 0) is 12.8 Å². The molecule has 5 rings (SSSR count). The number of primary amides is 1. The number of urea groups is 1. The summed E-state index contributed by atoms with van der Waals surface area (Å²) < 4.78 is 0. The van der Waals surface area contributed by atoms with Gasteiger partial charge in [0.15, 0.2) is 0 Å². The fraction of sp³-hybridized carbons (Fsp3) is 0.452. The minimum absolute atomic E-state index is 0.195. The molecule has 2 aliphatic rings. The number of amides is 2. The Hall–Kier alpha value is -3.61. The van der Waals surface area contributed by atoms with E-state index >= 15 is 0 Å². The quantitative estimate of drug-likeness (QED) is 0.412. The molecule has 2 amide bonds. The number of nitrogens with zero attached hydrogens (tertiary/aromatic N) is 4. The van der Waals surface area contributed by atoms with E-state index in [4.69, 9.17) is 15.7 Å². The standard InChI is InChI=1S/C31H40N6O/c1-36(2)29-26-15-9-10-16-27(26)34-31(35-29)33-25-19-17-22(18-20-25)21-37(30(32)38)28(23-11-5-3-6-12-23)24-13-7-4-8-14-24/h3-8,11-14,22,25,28H,9-10,15-21H2,1-2H3,(H2,32,38)(H,33,34,35)/t22-,25+. The number of rotatable bonds is 8. The third-order valence-electron chi connectivity index (χ3n) is 8.05. The first kappa shape index (κ1) is 26.0. The molecule has 2 aromatic carbocycles. The highest BCUT2D eigenvalue weighted by atomic mass is 16.2. The number of aromatic nitrogens is 2. The van der Waals surface area contributed by atoms with Crippen molar-refractivity contribution in [2.45, 2.75) is 63.5 Å². The molecule has 1 heterocycles. The Kier molecular flexibility index (Phi) is 8.11. The summed E-state index contributed by atoms with van der Waals surface area (Å²) in [4.78, 5) is 26.6. The van der Waals surface area contributed by atoms with Crippen LogP contribution in [0.4, 0.5) is 16.6 Å². The summed E-state index contributed by atoms with van der Waals surface area (Å²) >= 11 is 0. The topological polar surface area (TPSA) is 87.4 Å². The van der Waals surface area contributed by atoms with E-state index in [2.05, 4.69) is 48.6 Å². The van der Waals surface area contributed by atoms with Gasteiger partial charge in [-0.05, 0) is 68.4 Å². The molecule has 7 nitrogen and oxygen atoms in total. The molecule has 3 aromatic rings. The van der Waals surface area contributed by atoms with Crippen molar-refractivity contribution in [1.82, 2.24) is 14.9 Å². The Morgan fingerprint density at radius 2 is 1.53 bits per heavy atom. The van der Waals surface area contributed by atoms with Gasteiger partial charge in [0, 0.05) is 32.2 Å². The van der Waals surface area contributed by atoms with E-state index in [1.807, 2.05) is 41.3 Å². The normalized spacial score (nSPS) is 19.0. The molecular weight excluding hydrogens is 472 g/mol. The van der Waals surface area contributed by atoms with E-state index in [1.54, 1.807) is 0 Å². The van der Waals surface area contributed by atoms with Crippen molar-refractivity contribution in [2.24, 2.45) is 11.7 Å². The van der Waals surface area contributed by atoms with Gasteiger partial charge in [0.2, 0.25) is 5.95 Å². The van der Waals surface area contributed by atoms with E-state index in [-0.39, 0.29) is 12.1 Å². The number of hydrogen-bond donors (Lipinski definition) is 2. The van der Waals surface area contributed by atoms with Gasteiger partial charge in [-0.3, -0.25) is 0 Å². The molecule has 1 saturated carbocycles. The average Bonchev–Trinajstić information content (AvgIpc) is 2.94. The Morgan fingerprint density at radius 1 is 0.921 bits per heavy atom. The van der Waals surface area contributed by atoms with Crippen LogP contribution in [0.5, 0.6) is 0 Å². The fourth-order valence-corrected chi connectivity index (χ4v) is 6.10. The van der Waals surface area contributed by atoms with Gasteiger partial charge in [-0.2, -0.15) is 4.98 Å². The predicted octanol–water partition coefficient (Wildman–Crippen LogP) is 5.56. The van der Waals surface area contributed by atoms with Crippen LogP contribution in [0.2, 0.25) is 0 Å². The second-order valence-electron chi connectivity index (χ2n) is 11.0. The number of nitrogens with two attached hydrogens (primary N) is 1. The molecular formula is C31H40N6O. The van der Waals surface area contributed by atoms with E-state index in [0.29, 0.717) is 18.5 Å². The van der Waals surface area contributed by atoms with Gasteiger partial charge in [0.05, 0.1) is 11.7 Å². The largest absolute Gasteiger partial charge is 0.362 e. The number of hydrogen-bond acceptors (Lipinski definition) is 5. The molecule has 0 unspecified atom stereocenters. The SMILES string of the molecule is CN(C)c1nc(N[C@H]2CC[C@@H](CN(C(N)=O)C(c3ccccc3)c3ccccc3)CC2)nc2c1CCCC2. The van der Waals surface area contributed by atoms with Crippen LogP contribution in [0.1, 0.15) is 67.0 Å². The number of nitrogens with one attached hydrogen (secondary N) is 1. The van der Waals surface area contributed by atoms with Crippen molar-refractivity contribution < 1.29 is 4.79 Å². The maximum absolute atomic E-state index is 12.8. The summed E-state index contributed by atoms with van der Waals surface area (Å²) in [5.41, 5.74) is 10.7. The van der Waals surface area contributed by atoms with Crippen LogP contribution in [0.25, 0.3) is 0 Å². The first-order valence-electron chi connectivity index (χ1n) is 14.0. The molecule has 1 aromatic heterocycles. The summed E-state index contributed by atoms with van der Waals surface area (Å²) in [5.74, 6) is 2.21. The highest BCUT2D eigenvalue weighted by Gasteiger charge is 2.30. The Bertz CT molecular complexity index is 1170. The van der Waals surface area contributed by atoms with E-state index in [0.717, 1.165) is 61.4 Å². The zero-order valence-electron chi connectivity index (χ0n) is 22.6. The van der Waals surface area contributed by atoms with Gasteiger partial charge >= 0.3 is 6.03 Å². The molecule has 200 valence electrons. The number of fused-ring (bicyclic) bond motifs is 1. The van der Waals surface area contributed by atoms with Crippen molar-refractivity contribution >= 4 is 17.8 Å². The van der Waals surface area contributed by atoms with Crippen molar-refractivity contribution in [3.63, 3.8) is 0 Å². The van der Waals surface area contributed by atoms with Gasteiger partial charge in [0.1, 0.15) is 5.82 Å². The number of anilines is 2. The number of carbonyl (C=O) groups is 1. The van der Waals surface area contributed by atoms with E-state index < -0.39 is 0 Å². The maximum atomic E-state index is 12.8. The number of benzene rings is 2. The summed E-state index contributed by atoms with van der Waals surface area (Å²) in [6.07, 6.45) is 8.63. The van der Waals surface area contributed by atoms with E-state index in [1.165, 1.54) is 24.1 Å². The van der Waals surface area contributed by atoms with Crippen molar-refractivity contribution in [2.75, 3.05) is 30.9 Å². The lowest BCUT2D eigenvalue weighted by atomic mass is 9.85. The molecule has 0 saturated heterocycles. The first-order chi connectivity index (χ1) is 18.5. The zero-order valence-corrected chi connectivity index (χ0v) is 22.6. The molecule has 1 fully saturated rings. The molecule has 0 aliphatic heterocycles. The van der Waals surface area contributed by atoms with Crippen LogP contribution in [0.3, 0.4) is 0 Å². The molecule has 0 radical (unpaired) electrons. The van der Waals surface area contributed by atoms with Crippen molar-refractivity contribution in [1.29, 1.82) is 0 Å². The third-order valence-corrected chi connectivity index (χ3v) is 8.05. The van der Waals surface area contributed by atoms with E-state index in [9.17, 15) is 4.79 Å². The fourth-order valence-electron chi connectivity index (χ4n) is 6.10. The van der Waals surface area contributed by atoms with Gasteiger partial charge in [0.25, 0.3) is 0 Å². The van der Waals surface area contributed by atoms with Crippen molar-refractivity contribution in [3.8, 4) is 0 Å². The van der Waals surface area contributed by atoms with Crippen molar-refractivity contribution in [3.05, 3.63) is 83.0 Å². The smallest absolute Gasteiger partial charge is 0.315 e. The molecule has 0 bridgehead atoms. The lowest BCUT2D eigenvalue weighted by Crippen LogP contribution is -2.43. The highest BCUT2D eigenvalue weighted by molar-refractivity contribution is 5.73. The second kappa shape index (κ2) is 11.8. The summed E-state index contributed by atoms with van der Waals surface area (Å²) in [6.45, 7) is 0.649. The molecule has 38 heavy (non-hydrogen) atoms. The van der Waals surface area contributed by atoms with Gasteiger partial charge in [-0.1, -0.05) is 60.7 Å². The van der Waals surface area contributed by atoms with Crippen LogP contribution in [0.15, 0.2) is 60.7 Å². The third kappa shape index (κ3) is 5.93. The lowest BCUT2D eigenvalue weighted by molar-refractivity contribution is 0.168. The molecule has 2 aliphatic carbocycles. The molecule has 0 atom stereocenters. The van der Waals surface area contributed by atoms with Gasteiger partial charge < -0.3 is 20.9 Å². The average molecular weight is 513 g/mol. The predicted molar refractivity (Wildman–Crippen MR) is 153 cm³/mol. The minimum atomic E-state index is -0.373.